The lowest BCUT2D eigenvalue weighted by Crippen LogP contribution is -2.17. The molecule has 0 aromatic heterocycles. The Morgan fingerprint density at radius 2 is 1.89 bits per heavy atom. The molecule has 0 radical (unpaired) electrons. The van der Waals surface area contributed by atoms with E-state index in [-0.39, 0.29) is 10.9 Å². The molecule has 1 aromatic carbocycles. The first-order valence-electron chi connectivity index (χ1n) is 5.92. The van der Waals surface area contributed by atoms with Gasteiger partial charge in [0.25, 0.3) is 5.69 Å². The maximum absolute atomic E-state index is 11.1. The van der Waals surface area contributed by atoms with Crippen molar-refractivity contribution < 1.29 is 19.5 Å². The fourth-order valence-corrected chi connectivity index (χ4v) is 2.62. The zero-order chi connectivity index (χ0) is 14.0. The van der Waals surface area contributed by atoms with E-state index in [1.807, 2.05) is 6.92 Å². The molecule has 1 aromatic rings. The van der Waals surface area contributed by atoms with Crippen LogP contribution in [0.2, 0.25) is 0 Å². The highest BCUT2D eigenvalue weighted by Gasteiger charge is 2.24. The number of hydrogen-bond donors (Lipinski definition) is 1. The minimum atomic E-state index is -0.558. The molecule has 2 unspecified atom stereocenters. The van der Waals surface area contributed by atoms with E-state index < -0.39 is 11.0 Å². The van der Waals surface area contributed by atoms with Crippen molar-refractivity contribution in [2.75, 3.05) is 13.2 Å². The minimum Gasteiger partial charge on any atom is -0.486 e. The highest BCUT2D eigenvalue weighted by Crippen LogP contribution is 2.42. The molecule has 6 nitrogen and oxygen atoms in total. The van der Waals surface area contributed by atoms with Crippen LogP contribution in [0.25, 0.3) is 0 Å². The van der Waals surface area contributed by atoms with E-state index in [9.17, 15) is 15.2 Å². The number of aliphatic hydroxyl groups is 1. The van der Waals surface area contributed by atoms with Crippen molar-refractivity contribution in [3.8, 4) is 11.5 Å². The fourth-order valence-electron chi connectivity index (χ4n) is 1.60. The second-order valence-corrected chi connectivity index (χ2v) is 5.70. The van der Waals surface area contributed by atoms with Gasteiger partial charge >= 0.3 is 0 Å². The molecule has 7 heteroatoms. The molecule has 0 spiro atoms. The van der Waals surface area contributed by atoms with Crippen LogP contribution in [0.4, 0.5) is 5.69 Å². The van der Waals surface area contributed by atoms with Crippen LogP contribution in [0.15, 0.2) is 17.0 Å². The van der Waals surface area contributed by atoms with Crippen molar-refractivity contribution in [2.45, 2.75) is 30.1 Å². The quantitative estimate of drug-likeness (QED) is 0.519. The molecule has 2 rings (SSSR count). The topological polar surface area (TPSA) is 81.8 Å². The molecule has 0 amide bonds. The summed E-state index contributed by atoms with van der Waals surface area (Å²) in [6.45, 7) is 4.29. The Balaban J connectivity index is 2.37. The summed E-state index contributed by atoms with van der Waals surface area (Å²) in [7, 11) is 0. The second-order valence-electron chi connectivity index (χ2n) is 4.28. The maximum atomic E-state index is 11.1. The number of ether oxygens (including phenoxy) is 2. The molecular weight excluding hydrogens is 270 g/mol. The number of rotatable bonds is 4. The van der Waals surface area contributed by atoms with Crippen LogP contribution in [0, 0.1) is 10.1 Å². The van der Waals surface area contributed by atoms with Crippen molar-refractivity contribution >= 4 is 17.4 Å². The Morgan fingerprint density at radius 1 is 1.32 bits per heavy atom. The van der Waals surface area contributed by atoms with Gasteiger partial charge in [-0.05, 0) is 6.92 Å². The van der Waals surface area contributed by atoms with Crippen molar-refractivity contribution in [3.63, 3.8) is 0 Å². The second kappa shape index (κ2) is 5.66. The van der Waals surface area contributed by atoms with Crippen molar-refractivity contribution in [3.05, 3.63) is 22.2 Å². The molecular formula is C12H15NO5S. The summed E-state index contributed by atoms with van der Waals surface area (Å²) in [5, 5.41) is 20.4. The van der Waals surface area contributed by atoms with E-state index in [0.717, 1.165) is 0 Å². The number of nitrogens with zero attached hydrogens (tertiary/aromatic N) is 1. The predicted molar refractivity (Wildman–Crippen MR) is 71.1 cm³/mol. The van der Waals surface area contributed by atoms with Crippen LogP contribution in [0.3, 0.4) is 0 Å². The molecule has 0 fully saturated rings. The summed E-state index contributed by atoms with van der Waals surface area (Å²) in [4.78, 5) is 11.1. The van der Waals surface area contributed by atoms with Gasteiger partial charge in [-0.1, -0.05) is 6.92 Å². The lowest BCUT2D eigenvalue weighted by atomic mass is 10.2. The molecule has 0 saturated carbocycles. The van der Waals surface area contributed by atoms with E-state index in [1.54, 1.807) is 13.0 Å². The number of thioether (sulfide) groups is 1. The van der Waals surface area contributed by atoms with Gasteiger partial charge in [0.1, 0.15) is 13.2 Å². The average Bonchev–Trinajstić information content (AvgIpc) is 2.37. The van der Waals surface area contributed by atoms with Gasteiger partial charge in [-0.3, -0.25) is 10.1 Å². The van der Waals surface area contributed by atoms with Crippen LogP contribution >= 0.6 is 11.8 Å². The van der Waals surface area contributed by atoms with Gasteiger partial charge in [0, 0.05) is 11.3 Å². The first-order chi connectivity index (χ1) is 8.99. The molecule has 1 aliphatic heterocycles. The number of nitro groups is 1. The molecule has 1 N–H and O–H groups in total. The number of nitro benzene ring substituents is 1. The first kappa shape index (κ1) is 14.0. The van der Waals surface area contributed by atoms with Crippen LogP contribution in [0.1, 0.15) is 13.8 Å². The van der Waals surface area contributed by atoms with Gasteiger partial charge < -0.3 is 14.6 Å². The Labute approximate surface area is 114 Å². The summed E-state index contributed by atoms with van der Waals surface area (Å²) in [6, 6.07) is 2.99. The van der Waals surface area contributed by atoms with Gasteiger partial charge in [-0.2, -0.15) is 0 Å². The third-order valence-corrected chi connectivity index (χ3v) is 4.16. The Morgan fingerprint density at radius 3 is 2.42 bits per heavy atom. The Hall–Kier alpha value is -1.47. The lowest BCUT2D eigenvalue weighted by Gasteiger charge is -2.20. The summed E-state index contributed by atoms with van der Waals surface area (Å²) in [5.41, 5.74) is -0.0262. The van der Waals surface area contributed by atoms with E-state index in [4.69, 9.17) is 9.47 Å². The number of aliphatic hydroxyl groups excluding tert-OH is 1. The van der Waals surface area contributed by atoms with Crippen molar-refractivity contribution in [2.24, 2.45) is 0 Å². The molecule has 2 atom stereocenters. The normalized spacial score (nSPS) is 16.8. The molecule has 19 heavy (non-hydrogen) atoms. The van der Waals surface area contributed by atoms with Gasteiger partial charge in [-0.25, -0.2) is 0 Å². The Bertz CT molecular complexity index is 491. The molecule has 0 saturated heterocycles. The lowest BCUT2D eigenvalue weighted by molar-refractivity contribution is -0.387. The fraction of sp³-hybridized carbons (Fsp3) is 0.500. The SMILES string of the molecule is CC(O)C(C)Sc1cc2c(cc1[N+](=O)[O-])OCCO2. The van der Waals surface area contributed by atoms with Crippen LogP contribution in [0.5, 0.6) is 11.5 Å². The third kappa shape index (κ3) is 3.10. The Kier molecular flexibility index (Phi) is 4.16. The molecule has 104 valence electrons. The number of fused-ring (bicyclic) bond motifs is 1. The summed E-state index contributed by atoms with van der Waals surface area (Å²) in [5.74, 6) is 0.907. The minimum absolute atomic E-state index is 0.0262. The zero-order valence-corrected chi connectivity index (χ0v) is 11.5. The van der Waals surface area contributed by atoms with Crippen LogP contribution in [-0.2, 0) is 0 Å². The summed E-state index contributed by atoms with van der Waals surface area (Å²) < 4.78 is 10.8. The smallest absolute Gasteiger partial charge is 0.286 e. The third-order valence-electron chi connectivity index (χ3n) is 2.81. The maximum Gasteiger partial charge on any atom is 0.286 e. The van der Waals surface area contributed by atoms with Gasteiger partial charge in [0.15, 0.2) is 11.5 Å². The highest BCUT2D eigenvalue weighted by molar-refractivity contribution is 8.00. The molecule has 0 bridgehead atoms. The van der Waals surface area contributed by atoms with E-state index in [1.165, 1.54) is 17.8 Å². The van der Waals surface area contributed by atoms with Crippen molar-refractivity contribution in [1.82, 2.24) is 0 Å². The van der Waals surface area contributed by atoms with Crippen molar-refractivity contribution in [1.29, 1.82) is 0 Å². The monoisotopic (exact) mass is 285 g/mol. The van der Waals surface area contributed by atoms with Gasteiger partial charge in [0.2, 0.25) is 0 Å². The highest BCUT2D eigenvalue weighted by atomic mass is 32.2. The number of benzene rings is 1. The standard InChI is InChI=1S/C12H15NO5S/c1-7(14)8(2)19-12-6-11-10(17-3-4-18-11)5-9(12)13(15)16/h5-8,14H,3-4H2,1-2H3. The molecule has 1 heterocycles. The van der Waals surface area contributed by atoms with Gasteiger partial charge in [0.05, 0.1) is 22.0 Å². The largest absolute Gasteiger partial charge is 0.486 e. The molecule has 1 aliphatic rings. The summed E-state index contributed by atoms with van der Waals surface area (Å²) >= 11 is 1.25. The van der Waals surface area contributed by atoms with Crippen LogP contribution < -0.4 is 9.47 Å². The van der Waals surface area contributed by atoms with E-state index in [0.29, 0.717) is 29.6 Å². The van der Waals surface area contributed by atoms with Crippen LogP contribution in [-0.4, -0.2) is 34.6 Å². The van der Waals surface area contributed by atoms with Gasteiger partial charge in [-0.15, -0.1) is 11.8 Å². The predicted octanol–water partition coefficient (Wildman–Crippen LogP) is 2.23. The number of hydrogen-bond acceptors (Lipinski definition) is 6. The average molecular weight is 285 g/mol. The summed E-state index contributed by atoms with van der Waals surface area (Å²) in [6.07, 6.45) is -0.558. The zero-order valence-electron chi connectivity index (χ0n) is 10.7. The first-order valence-corrected chi connectivity index (χ1v) is 6.79. The van der Waals surface area contributed by atoms with E-state index >= 15 is 0 Å². The van der Waals surface area contributed by atoms with E-state index in [2.05, 4.69) is 0 Å². The molecule has 0 aliphatic carbocycles.